The molecule has 2 aromatic rings. The summed E-state index contributed by atoms with van der Waals surface area (Å²) in [4.78, 5) is 29.1. The van der Waals surface area contributed by atoms with Crippen LogP contribution >= 0.6 is 0 Å². The Morgan fingerprint density at radius 1 is 1.27 bits per heavy atom. The first-order chi connectivity index (χ1) is 14.4. The Hall–Kier alpha value is -3.06. The number of rotatable bonds is 7. The third-order valence-corrected chi connectivity index (χ3v) is 5.10. The molecule has 0 atom stereocenters. The highest BCUT2D eigenvalue weighted by atomic mass is 16.5. The Morgan fingerprint density at radius 3 is 2.80 bits per heavy atom. The number of nitrogens with zero attached hydrogens (tertiary/aromatic N) is 3. The van der Waals surface area contributed by atoms with Crippen molar-refractivity contribution >= 4 is 22.9 Å². The minimum atomic E-state index is -0.419. The maximum absolute atomic E-state index is 12.8. The summed E-state index contributed by atoms with van der Waals surface area (Å²) in [5.41, 5.74) is 3.68. The van der Waals surface area contributed by atoms with Crippen LogP contribution in [-0.2, 0) is 16.0 Å². The molecular weight excluding hydrogens is 380 g/mol. The smallest absolute Gasteiger partial charge is 0.337 e. The Morgan fingerprint density at radius 2 is 2.07 bits per heavy atom. The van der Waals surface area contributed by atoms with Crippen molar-refractivity contribution in [1.82, 2.24) is 19.7 Å². The standard InChI is InChI=1S/C23H30N4O3/c1-5-26-11-6-7-19(14-26)22(28)30-16-24-23(29)27-15-18(10-12-25(3)4)20-13-17(2)8-9-21(20)27/h6,8-9,11,13-15H,5,7,10,12,16H2,1-4H3,(H,24,29). The number of allylic oxidation sites excluding steroid dienone is 1. The number of fused-ring (bicyclic) bond motifs is 1. The molecule has 0 unspecified atom stereocenters. The molecule has 0 bridgehead atoms. The van der Waals surface area contributed by atoms with Gasteiger partial charge >= 0.3 is 12.0 Å². The molecule has 0 fully saturated rings. The van der Waals surface area contributed by atoms with E-state index in [1.54, 1.807) is 10.8 Å². The summed E-state index contributed by atoms with van der Waals surface area (Å²) in [6, 6.07) is 5.73. The lowest BCUT2D eigenvalue weighted by Crippen LogP contribution is -2.31. The van der Waals surface area contributed by atoms with Crippen LogP contribution in [-0.4, -0.2) is 60.3 Å². The van der Waals surface area contributed by atoms with Gasteiger partial charge in [-0.2, -0.15) is 0 Å². The molecule has 1 N–H and O–H groups in total. The zero-order valence-corrected chi connectivity index (χ0v) is 18.1. The van der Waals surface area contributed by atoms with E-state index in [4.69, 9.17) is 4.74 Å². The lowest BCUT2D eigenvalue weighted by atomic mass is 10.1. The van der Waals surface area contributed by atoms with E-state index in [1.165, 1.54) is 0 Å². The largest absolute Gasteiger partial charge is 0.441 e. The number of ether oxygens (including phenoxy) is 1. The first-order valence-corrected chi connectivity index (χ1v) is 10.2. The number of aryl methyl sites for hydroxylation is 1. The number of carbonyl (C=O) groups excluding carboxylic acids is 2. The number of carbonyl (C=O) groups is 2. The van der Waals surface area contributed by atoms with E-state index in [2.05, 4.69) is 16.3 Å². The van der Waals surface area contributed by atoms with Gasteiger partial charge in [0.2, 0.25) is 0 Å². The third-order valence-electron chi connectivity index (χ3n) is 5.10. The zero-order valence-electron chi connectivity index (χ0n) is 18.1. The number of likely N-dealkylation sites (N-methyl/N-ethyl adjacent to an activating group) is 1. The van der Waals surface area contributed by atoms with Gasteiger partial charge in [0.25, 0.3) is 0 Å². The fraction of sp³-hybridized carbons (Fsp3) is 0.391. The maximum Gasteiger partial charge on any atom is 0.337 e. The third kappa shape index (κ3) is 5.10. The molecule has 0 spiro atoms. The Labute approximate surface area is 177 Å². The van der Waals surface area contributed by atoms with Crippen molar-refractivity contribution in [3.8, 4) is 0 Å². The van der Waals surface area contributed by atoms with Gasteiger partial charge in [-0.1, -0.05) is 17.7 Å². The van der Waals surface area contributed by atoms with Gasteiger partial charge in [0, 0.05) is 37.3 Å². The predicted octanol–water partition coefficient (Wildman–Crippen LogP) is 3.24. The molecule has 7 nitrogen and oxygen atoms in total. The zero-order chi connectivity index (χ0) is 21.7. The van der Waals surface area contributed by atoms with Gasteiger partial charge in [0.05, 0.1) is 11.1 Å². The average molecular weight is 411 g/mol. The van der Waals surface area contributed by atoms with Crippen LogP contribution in [0.4, 0.5) is 4.79 Å². The van der Waals surface area contributed by atoms with Crippen LogP contribution in [0, 0.1) is 6.92 Å². The minimum Gasteiger partial charge on any atom is -0.441 e. The highest BCUT2D eigenvalue weighted by Gasteiger charge is 2.16. The minimum absolute atomic E-state index is 0.177. The summed E-state index contributed by atoms with van der Waals surface area (Å²) in [5, 5.41) is 3.76. The highest BCUT2D eigenvalue weighted by Crippen LogP contribution is 2.23. The summed E-state index contributed by atoms with van der Waals surface area (Å²) in [6.07, 6.45) is 8.88. The fourth-order valence-corrected chi connectivity index (χ4v) is 3.41. The first kappa shape index (κ1) is 21.6. The quantitative estimate of drug-likeness (QED) is 0.561. The second-order valence-corrected chi connectivity index (χ2v) is 7.73. The Bertz CT molecular complexity index is 988. The number of benzene rings is 1. The van der Waals surface area contributed by atoms with Crippen LogP contribution in [0.1, 0.15) is 24.5 Å². The van der Waals surface area contributed by atoms with Gasteiger partial charge in [-0.3, -0.25) is 4.57 Å². The normalized spacial score (nSPS) is 13.6. The molecule has 1 aromatic heterocycles. The van der Waals surface area contributed by atoms with Crippen LogP contribution < -0.4 is 5.32 Å². The molecule has 1 amide bonds. The van der Waals surface area contributed by atoms with Crippen molar-refractivity contribution in [2.75, 3.05) is 33.9 Å². The molecule has 2 heterocycles. The van der Waals surface area contributed by atoms with E-state index in [1.807, 2.05) is 63.4 Å². The summed E-state index contributed by atoms with van der Waals surface area (Å²) >= 11 is 0. The molecule has 30 heavy (non-hydrogen) atoms. The van der Waals surface area contributed by atoms with Gasteiger partial charge in [-0.05, 0) is 58.3 Å². The van der Waals surface area contributed by atoms with E-state index >= 15 is 0 Å². The molecule has 7 heteroatoms. The lowest BCUT2D eigenvalue weighted by Gasteiger charge is -2.18. The number of esters is 1. The summed E-state index contributed by atoms with van der Waals surface area (Å²) < 4.78 is 6.86. The van der Waals surface area contributed by atoms with Crippen LogP contribution in [0.2, 0.25) is 0 Å². The maximum atomic E-state index is 12.8. The Balaban J connectivity index is 1.66. The molecule has 1 aliphatic heterocycles. The number of nitrogens with one attached hydrogen (secondary N) is 1. The van der Waals surface area contributed by atoms with Gasteiger partial charge in [-0.25, -0.2) is 9.59 Å². The van der Waals surface area contributed by atoms with E-state index in [9.17, 15) is 9.59 Å². The van der Waals surface area contributed by atoms with Gasteiger partial charge < -0.3 is 19.9 Å². The molecule has 3 rings (SSSR count). The first-order valence-electron chi connectivity index (χ1n) is 10.2. The van der Waals surface area contributed by atoms with Gasteiger partial charge in [0.15, 0.2) is 6.73 Å². The second kappa shape index (κ2) is 9.63. The fourth-order valence-electron chi connectivity index (χ4n) is 3.41. The van der Waals surface area contributed by atoms with Crippen LogP contribution in [0.3, 0.4) is 0 Å². The van der Waals surface area contributed by atoms with Crippen LogP contribution in [0.25, 0.3) is 10.9 Å². The molecule has 1 aliphatic rings. The van der Waals surface area contributed by atoms with Crippen molar-refractivity contribution < 1.29 is 14.3 Å². The predicted molar refractivity (Wildman–Crippen MR) is 118 cm³/mol. The van der Waals surface area contributed by atoms with E-state index in [0.29, 0.717) is 12.0 Å². The van der Waals surface area contributed by atoms with Crippen molar-refractivity contribution in [2.45, 2.75) is 26.7 Å². The van der Waals surface area contributed by atoms with Gasteiger partial charge in [0.1, 0.15) is 0 Å². The molecule has 0 saturated heterocycles. The lowest BCUT2D eigenvalue weighted by molar-refractivity contribution is -0.139. The molecular formula is C23H30N4O3. The summed E-state index contributed by atoms with van der Waals surface area (Å²) in [7, 11) is 4.06. The molecule has 1 aromatic carbocycles. The van der Waals surface area contributed by atoms with E-state index in [-0.39, 0.29) is 12.8 Å². The van der Waals surface area contributed by atoms with Crippen molar-refractivity contribution in [1.29, 1.82) is 0 Å². The highest BCUT2D eigenvalue weighted by molar-refractivity contribution is 5.94. The van der Waals surface area contributed by atoms with Crippen molar-refractivity contribution in [2.24, 2.45) is 0 Å². The van der Waals surface area contributed by atoms with E-state index < -0.39 is 5.97 Å². The molecule has 0 saturated carbocycles. The van der Waals surface area contributed by atoms with Crippen molar-refractivity contribution in [3.05, 3.63) is 59.6 Å². The number of hydrogen-bond acceptors (Lipinski definition) is 5. The van der Waals surface area contributed by atoms with E-state index in [0.717, 1.165) is 41.5 Å². The van der Waals surface area contributed by atoms with Crippen LogP contribution in [0.15, 0.2) is 48.4 Å². The molecule has 0 aliphatic carbocycles. The topological polar surface area (TPSA) is 66.8 Å². The number of hydrogen-bond donors (Lipinski definition) is 1. The monoisotopic (exact) mass is 410 g/mol. The van der Waals surface area contributed by atoms with Crippen LogP contribution in [0.5, 0.6) is 0 Å². The number of amides is 1. The average Bonchev–Trinajstić information content (AvgIpc) is 3.09. The number of aromatic nitrogens is 1. The molecule has 0 radical (unpaired) electrons. The summed E-state index contributed by atoms with van der Waals surface area (Å²) in [5.74, 6) is -0.419. The van der Waals surface area contributed by atoms with Crippen molar-refractivity contribution in [3.63, 3.8) is 0 Å². The molecule has 160 valence electrons. The SMILES string of the molecule is CCN1C=CCC(C(=O)OCNC(=O)n2cc(CCN(C)C)c3cc(C)ccc32)=C1. The summed E-state index contributed by atoms with van der Waals surface area (Å²) in [6.45, 7) is 5.54. The van der Waals surface area contributed by atoms with Gasteiger partial charge in [-0.15, -0.1) is 0 Å². The Kier molecular flexibility index (Phi) is 6.95. The second-order valence-electron chi connectivity index (χ2n) is 7.73.